The number of pyridine rings is 1. The molecule has 0 spiro atoms. The summed E-state index contributed by atoms with van der Waals surface area (Å²) in [6.07, 6.45) is 2.61. The Balaban J connectivity index is 1.95. The highest BCUT2D eigenvalue weighted by Crippen LogP contribution is 2.31. The summed E-state index contributed by atoms with van der Waals surface area (Å²) in [4.78, 5) is 9.52. The second-order valence-electron chi connectivity index (χ2n) is 7.12. The van der Waals surface area contributed by atoms with E-state index < -0.39 is 0 Å². The zero-order chi connectivity index (χ0) is 16.9. The summed E-state index contributed by atoms with van der Waals surface area (Å²) in [6, 6.07) is 13.7. The van der Waals surface area contributed by atoms with Crippen LogP contribution in [0.5, 0.6) is 0 Å². The third-order valence-corrected chi connectivity index (χ3v) is 4.54. The van der Waals surface area contributed by atoms with E-state index in [-0.39, 0.29) is 11.4 Å². The van der Waals surface area contributed by atoms with E-state index >= 15 is 0 Å². The van der Waals surface area contributed by atoms with Crippen LogP contribution in [0.3, 0.4) is 0 Å². The fourth-order valence-corrected chi connectivity index (χ4v) is 3.38. The fraction of sp³-hybridized carbons (Fsp3) is 0.238. The molecule has 0 N–H and O–H groups in total. The Hall–Kier alpha value is -2.55. The van der Waals surface area contributed by atoms with Gasteiger partial charge < -0.3 is 0 Å². The molecule has 0 saturated heterocycles. The van der Waals surface area contributed by atoms with Crippen LogP contribution in [-0.4, -0.2) is 16.2 Å². The zero-order valence-electron chi connectivity index (χ0n) is 14.1. The Morgan fingerprint density at radius 2 is 1.88 bits per heavy atom. The highest BCUT2D eigenvalue weighted by Gasteiger charge is 2.28. The van der Waals surface area contributed by atoms with Gasteiger partial charge in [-0.1, -0.05) is 18.2 Å². The van der Waals surface area contributed by atoms with E-state index in [9.17, 15) is 4.39 Å². The van der Waals surface area contributed by atoms with Gasteiger partial charge in [0.05, 0.1) is 16.8 Å². The van der Waals surface area contributed by atoms with Crippen LogP contribution in [0, 0.1) is 12.7 Å². The second kappa shape index (κ2) is 5.23. The molecule has 0 atom stereocenters. The molecule has 120 valence electrons. The first-order valence-corrected chi connectivity index (χ1v) is 8.17. The van der Waals surface area contributed by atoms with Crippen molar-refractivity contribution < 1.29 is 4.39 Å². The molecule has 1 aliphatic rings. The molecule has 0 radical (unpaired) electrons. The Kier molecular flexibility index (Phi) is 3.27. The van der Waals surface area contributed by atoms with Crippen molar-refractivity contribution in [1.82, 2.24) is 4.98 Å². The quantitative estimate of drug-likeness (QED) is 0.629. The maximum absolute atomic E-state index is 14.0. The molecular formula is C21H19FN2. The highest BCUT2D eigenvalue weighted by molar-refractivity contribution is 6.15. The summed E-state index contributed by atoms with van der Waals surface area (Å²) in [7, 11) is 0. The van der Waals surface area contributed by atoms with E-state index in [1.807, 2.05) is 30.5 Å². The van der Waals surface area contributed by atoms with Crippen LogP contribution in [0.1, 0.15) is 36.1 Å². The van der Waals surface area contributed by atoms with E-state index in [0.717, 1.165) is 39.7 Å². The van der Waals surface area contributed by atoms with Gasteiger partial charge >= 0.3 is 0 Å². The van der Waals surface area contributed by atoms with Crippen molar-refractivity contribution in [2.45, 2.75) is 32.7 Å². The van der Waals surface area contributed by atoms with Crippen LogP contribution in [0.15, 0.2) is 53.7 Å². The lowest BCUT2D eigenvalue weighted by molar-refractivity contribution is 0.510. The molecular weight excluding hydrogens is 299 g/mol. The number of aliphatic imine (C=N–C) groups is 1. The van der Waals surface area contributed by atoms with Crippen molar-refractivity contribution in [3.8, 4) is 0 Å². The number of benzene rings is 2. The number of fused-ring (bicyclic) bond motifs is 2. The van der Waals surface area contributed by atoms with Gasteiger partial charge in [-0.15, -0.1) is 0 Å². The second-order valence-corrected chi connectivity index (χ2v) is 7.12. The molecule has 0 aliphatic carbocycles. The first kappa shape index (κ1) is 15.0. The summed E-state index contributed by atoms with van der Waals surface area (Å²) in [5.41, 5.74) is 5.28. The summed E-state index contributed by atoms with van der Waals surface area (Å²) < 4.78 is 14.0. The monoisotopic (exact) mass is 318 g/mol. The van der Waals surface area contributed by atoms with E-state index in [0.29, 0.717) is 5.56 Å². The van der Waals surface area contributed by atoms with Crippen LogP contribution < -0.4 is 0 Å². The first-order chi connectivity index (χ1) is 11.4. The fourth-order valence-electron chi connectivity index (χ4n) is 3.38. The standard InChI is InChI=1S/C21H19FN2/c1-13-8-17-15(10-18(13)22)11-21(2,3)24-20(17)16-9-14-6-4-5-7-19(14)23-12-16/h4-10,12H,11H2,1-3H3. The van der Waals surface area contributed by atoms with Gasteiger partial charge in [0, 0.05) is 22.7 Å². The number of halogens is 1. The van der Waals surface area contributed by atoms with Gasteiger partial charge in [0.1, 0.15) is 5.82 Å². The largest absolute Gasteiger partial charge is 0.278 e. The van der Waals surface area contributed by atoms with Gasteiger partial charge in [-0.05, 0) is 62.6 Å². The maximum Gasteiger partial charge on any atom is 0.126 e. The van der Waals surface area contributed by atoms with Crippen molar-refractivity contribution in [3.05, 3.63) is 76.7 Å². The molecule has 0 bridgehead atoms. The van der Waals surface area contributed by atoms with Crippen molar-refractivity contribution >= 4 is 16.6 Å². The number of rotatable bonds is 1. The van der Waals surface area contributed by atoms with E-state index in [1.54, 1.807) is 13.0 Å². The normalized spacial score (nSPS) is 15.9. The molecule has 3 heteroatoms. The van der Waals surface area contributed by atoms with Gasteiger partial charge in [0.15, 0.2) is 0 Å². The molecule has 24 heavy (non-hydrogen) atoms. The Morgan fingerprint density at radius 3 is 2.71 bits per heavy atom. The van der Waals surface area contributed by atoms with Crippen LogP contribution in [0.25, 0.3) is 10.9 Å². The van der Waals surface area contributed by atoms with Crippen molar-refractivity contribution in [2.75, 3.05) is 0 Å². The lowest BCUT2D eigenvalue weighted by Gasteiger charge is -2.29. The molecule has 0 saturated carbocycles. The Labute approximate surface area is 141 Å². The summed E-state index contributed by atoms with van der Waals surface area (Å²) in [5.74, 6) is -0.151. The van der Waals surface area contributed by atoms with Gasteiger partial charge in [-0.25, -0.2) is 4.39 Å². The molecule has 2 aromatic carbocycles. The number of nitrogens with zero attached hydrogens (tertiary/aromatic N) is 2. The average Bonchev–Trinajstić information content (AvgIpc) is 2.55. The molecule has 2 heterocycles. The minimum atomic E-state index is -0.254. The zero-order valence-corrected chi connectivity index (χ0v) is 14.1. The third-order valence-electron chi connectivity index (χ3n) is 4.54. The van der Waals surface area contributed by atoms with Crippen molar-refractivity contribution in [1.29, 1.82) is 0 Å². The molecule has 1 aromatic heterocycles. The van der Waals surface area contributed by atoms with E-state index in [2.05, 4.69) is 31.0 Å². The lowest BCUT2D eigenvalue weighted by Crippen LogP contribution is -2.29. The molecule has 0 fully saturated rings. The number of hydrogen-bond acceptors (Lipinski definition) is 2. The summed E-state index contributed by atoms with van der Waals surface area (Å²) >= 11 is 0. The van der Waals surface area contributed by atoms with E-state index in [4.69, 9.17) is 4.99 Å². The lowest BCUT2D eigenvalue weighted by atomic mass is 9.84. The molecule has 0 unspecified atom stereocenters. The van der Waals surface area contributed by atoms with E-state index in [1.165, 1.54) is 0 Å². The minimum Gasteiger partial charge on any atom is -0.278 e. The average molecular weight is 318 g/mol. The molecule has 4 rings (SSSR count). The number of aromatic nitrogens is 1. The minimum absolute atomic E-state index is 0.151. The third kappa shape index (κ3) is 2.50. The molecule has 2 nitrogen and oxygen atoms in total. The van der Waals surface area contributed by atoms with Crippen molar-refractivity contribution in [3.63, 3.8) is 0 Å². The van der Waals surface area contributed by atoms with Gasteiger partial charge in [0.25, 0.3) is 0 Å². The van der Waals surface area contributed by atoms with Gasteiger partial charge in [-0.3, -0.25) is 9.98 Å². The summed E-state index contributed by atoms with van der Waals surface area (Å²) in [6.45, 7) is 5.97. The van der Waals surface area contributed by atoms with Crippen LogP contribution >= 0.6 is 0 Å². The number of aryl methyl sites for hydroxylation is 1. The highest BCUT2D eigenvalue weighted by atomic mass is 19.1. The topological polar surface area (TPSA) is 25.2 Å². The molecule has 3 aromatic rings. The summed E-state index contributed by atoms with van der Waals surface area (Å²) in [5, 5.41) is 1.08. The van der Waals surface area contributed by atoms with Crippen LogP contribution in [0.4, 0.5) is 4.39 Å². The first-order valence-electron chi connectivity index (χ1n) is 8.17. The predicted octanol–water partition coefficient (Wildman–Crippen LogP) is 4.85. The SMILES string of the molecule is Cc1cc2c(cc1F)CC(C)(C)N=C2c1cnc2ccccc2c1. The Bertz CT molecular complexity index is 986. The van der Waals surface area contributed by atoms with Crippen molar-refractivity contribution in [2.24, 2.45) is 4.99 Å². The van der Waals surface area contributed by atoms with Gasteiger partial charge in [0.2, 0.25) is 0 Å². The number of hydrogen-bond donors (Lipinski definition) is 0. The van der Waals surface area contributed by atoms with Gasteiger partial charge in [-0.2, -0.15) is 0 Å². The predicted molar refractivity (Wildman–Crippen MR) is 96.3 cm³/mol. The molecule has 0 amide bonds. The molecule has 1 aliphatic heterocycles. The Morgan fingerprint density at radius 1 is 1.08 bits per heavy atom. The number of para-hydroxylation sites is 1. The maximum atomic E-state index is 14.0. The smallest absolute Gasteiger partial charge is 0.126 e. The van der Waals surface area contributed by atoms with Crippen LogP contribution in [-0.2, 0) is 6.42 Å². The van der Waals surface area contributed by atoms with Crippen LogP contribution in [0.2, 0.25) is 0 Å².